The topological polar surface area (TPSA) is 94.5 Å². The van der Waals surface area contributed by atoms with Crippen molar-refractivity contribution in [2.45, 2.75) is 32.2 Å². The predicted molar refractivity (Wildman–Crippen MR) is 91.8 cm³/mol. The smallest absolute Gasteiger partial charge is 0.275 e. The normalized spacial score (nSPS) is 28.9. The summed E-state index contributed by atoms with van der Waals surface area (Å²) in [5, 5.41) is 5.06. The highest BCUT2D eigenvalue weighted by atomic mass is 16.4. The number of carbonyl (C=O) groups excluding carboxylic acids is 1. The molecular weight excluding hydrogens is 320 g/mol. The van der Waals surface area contributed by atoms with Crippen LogP contribution in [0.3, 0.4) is 0 Å². The van der Waals surface area contributed by atoms with Gasteiger partial charge in [0, 0.05) is 31.5 Å². The molecule has 4 unspecified atom stereocenters. The molecule has 1 amide bonds. The van der Waals surface area contributed by atoms with Gasteiger partial charge < -0.3 is 9.73 Å². The van der Waals surface area contributed by atoms with E-state index in [9.17, 15) is 4.79 Å². The third kappa shape index (κ3) is 2.83. The van der Waals surface area contributed by atoms with Crippen LogP contribution in [0.15, 0.2) is 34.7 Å². The van der Waals surface area contributed by atoms with Crippen LogP contribution in [0.4, 0.5) is 0 Å². The molecule has 2 fully saturated rings. The molecule has 0 bridgehead atoms. The molecule has 4 atom stereocenters. The van der Waals surface area contributed by atoms with Crippen molar-refractivity contribution in [1.29, 1.82) is 0 Å². The highest BCUT2D eigenvalue weighted by Crippen LogP contribution is 2.27. The number of carbonyl (C=O) groups is 1. The maximum Gasteiger partial charge on any atom is 0.275 e. The molecule has 8 heteroatoms. The van der Waals surface area contributed by atoms with Crippen LogP contribution >= 0.6 is 0 Å². The number of aromatic nitrogens is 1. The molecule has 2 saturated heterocycles. The van der Waals surface area contributed by atoms with Crippen LogP contribution in [-0.2, 0) is 0 Å². The van der Waals surface area contributed by atoms with Crippen LogP contribution < -0.4 is 21.6 Å². The van der Waals surface area contributed by atoms with Crippen molar-refractivity contribution in [3.8, 4) is 11.3 Å². The van der Waals surface area contributed by atoms with Crippen molar-refractivity contribution in [3.05, 3.63) is 41.9 Å². The van der Waals surface area contributed by atoms with E-state index in [2.05, 4.69) is 33.5 Å². The average Bonchev–Trinajstić information content (AvgIpc) is 3.26. The SMILES string of the molecule is Cc1nc(C(=O)NC2NNC3C2C(C)NN3C)c(-c2ccccc2)o1. The van der Waals surface area contributed by atoms with E-state index in [-0.39, 0.29) is 30.2 Å². The van der Waals surface area contributed by atoms with Gasteiger partial charge in [0.25, 0.3) is 5.91 Å². The molecule has 4 N–H and O–H groups in total. The van der Waals surface area contributed by atoms with Crippen LogP contribution in [0.5, 0.6) is 0 Å². The van der Waals surface area contributed by atoms with E-state index in [1.165, 1.54) is 0 Å². The van der Waals surface area contributed by atoms with E-state index in [1.54, 1.807) is 6.92 Å². The summed E-state index contributed by atoms with van der Waals surface area (Å²) < 4.78 is 5.68. The lowest BCUT2D eigenvalue weighted by Gasteiger charge is -2.21. The zero-order chi connectivity index (χ0) is 17.6. The highest BCUT2D eigenvalue weighted by molar-refractivity contribution is 5.97. The van der Waals surface area contributed by atoms with Gasteiger partial charge in [0.2, 0.25) is 0 Å². The first-order valence-corrected chi connectivity index (χ1v) is 8.38. The predicted octanol–water partition coefficient (Wildman–Crippen LogP) is 0.595. The summed E-state index contributed by atoms with van der Waals surface area (Å²) in [5.41, 5.74) is 10.9. The summed E-state index contributed by atoms with van der Waals surface area (Å²) in [6, 6.07) is 9.77. The number of oxazole rings is 1. The number of amides is 1. The van der Waals surface area contributed by atoms with Crippen LogP contribution in [-0.4, -0.2) is 41.3 Å². The van der Waals surface area contributed by atoms with Crippen LogP contribution in [0.1, 0.15) is 23.3 Å². The molecule has 1 aromatic carbocycles. The molecule has 0 radical (unpaired) electrons. The fourth-order valence-corrected chi connectivity index (χ4v) is 3.66. The number of aryl methyl sites for hydroxylation is 1. The molecule has 1 aromatic heterocycles. The fraction of sp³-hybridized carbons (Fsp3) is 0.412. The zero-order valence-corrected chi connectivity index (χ0v) is 14.4. The van der Waals surface area contributed by atoms with Gasteiger partial charge in [0.1, 0.15) is 0 Å². The van der Waals surface area contributed by atoms with Gasteiger partial charge in [-0.15, -0.1) is 0 Å². The Morgan fingerprint density at radius 1 is 1.28 bits per heavy atom. The van der Waals surface area contributed by atoms with Crippen molar-refractivity contribution >= 4 is 5.91 Å². The Morgan fingerprint density at radius 2 is 2.04 bits per heavy atom. The molecule has 4 rings (SSSR count). The number of hydrogen-bond acceptors (Lipinski definition) is 7. The van der Waals surface area contributed by atoms with E-state index >= 15 is 0 Å². The molecular formula is C17H22N6O2. The van der Waals surface area contributed by atoms with Crippen molar-refractivity contribution in [2.24, 2.45) is 5.92 Å². The highest BCUT2D eigenvalue weighted by Gasteiger charge is 2.47. The molecule has 25 heavy (non-hydrogen) atoms. The van der Waals surface area contributed by atoms with Gasteiger partial charge >= 0.3 is 0 Å². The molecule has 2 aromatic rings. The molecule has 0 aliphatic carbocycles. The quantitative estimate of drug-likeness (QED) is 0.649. The monoisotopic (exact) mass is 342 g/mol. The van der Waals surface area contributed by atoms with Crippen molar-refractivity contribution in [2.75, 3.05) is 7.05 Å². The molecule has 8 nitrogen and oxygen atoms in total. The molecule has 0 spiro atoms. The number of fused-ring (bicyclic) bond motifs is 1. The third-order valence-corrected chi connectivity index (χ3v) is 4.81. The Morgan fingerprint density at radius 3 is 2.80 bits per heavy atom. The summed E-state index contributed by atoms with van der Waals surface area (Å²) >= 11 is 0. The van der Waals surface area contributed by atoms with Gasteiger partial charge in [-0.2, -0.15) is 0 Å². The number of hydrogen-bond donors (Lipinski definition) is 4. The maximum atomic E-state index is 12.8. The van der Waals surface area contributed by atoms with Crippen molar-refractivity contribution in [3.63, 3.8) is 0 Å². The Hall–Kier alpha value is -2.26. The van der Waals surface area contributed by atoms with Crippen LogP contribution in [0, 0.1) is 12.8 Å². The van der Waals surface area contributed by atoms with Gasteiger partial charge in [0.15, 0.2) is 17.3 Å². The summed E-state index contributed by atoms with van der Waals surface area (Å²) in [6.45, 7) is 3.84. The van der Waals surface area contributed by atoms with Gasteiger partial charge in [-0.3, -0.25) is 10.2 Å². The molecule has 2 aliphatic rings. The second-order valence-corrected chi connectivity index (χ2v) is 6.57. The lowest BCUT2D eigenvalue weighted by molar-refractivity contribution is 0.0915. The minimum absolute atomic E-state index is 0.118. The Bertz CT molecular complexity index is 777. The van der Waals surface area contributed by atoms with E-state index in [1.807, 2.05) is 42.4 Å². The van der Waals surface area contributed by atoms with Crippen LogP contribution in [0.25, 0.3) is 11.3 Å². The number of benzene rings is 1. The second-order valence-electron chi connectivity index (χ2n) is 6.57. The minimum Gasteiger partial charge on any atom is -0.440 e. The van der Waals surface area contributed by atoms with E-state index < -0.39 is 0 Å². The largest absolute Gasteiger partial charge is 0.440 e. The summed E-state index contributed by atoms with van der Waals surface area (Å²) in [5.74, 6) is 0.905. The van der Waals surface area contributed by atoms with Gasteiger partial charge in [-0.25, -0.2) is 20.8 Å². The Labute approximate surface area is 145 Å². The molecule has 2 aliphatic heterocycles. The third-order valence-electron chi connectivity index (χ3n) is 4.81. The first-order valence-electron chi connectivity index (χ1n) is 8.38. The second kappa shape index (κ2) is 6.23. The number of nitrogens with zero attached hydrogens (tertiary/aromatic N) is 2. The van der Waals surface area contributed by atoms with Crippen LogP contribution in [0.2, 0.25) is 0 Å². The molecule has 0 saturated carbocycles. The molecule has 132 valence electrons. The van der Waals surface area contributed by atoms with E-state index in [0.717, 1.165) is 5.56 Å². The van der Waals surface area contributed by atoms with Crippen molar-refractivity contribution < 1.29 is 9.21 Å². The van der Waals surface area contributed by atoms with Crippen molar-refractivity contribution in [1.82, 2.24) is 31.6 Å². The number of nitrogens with one attached hydrogen (secondary N) is 4. The average molecular weight is 342 g/mol. The van der Waals surface area contributed by atoms with Gasteiger partial charge in [-0.1, -0.05) is 30.3 Å². The van der Waals surface area contributed by atoms with Gasteiger partial charge in [-0.05, 0) is 6.92 Å². The number of hydrazine groups is 2. The Kier molecular flexibility index (Phi) is 4.04. The first kappa shape index (κ1) is 16.2. The maximum absolute atomic E-state index is 12.8. The number of rotatable bonds is 3. The Balaban J connectivity index is 1.57. The molecule has 3 heterocycles. The van der Waals surface area contributed by atoms with Gasteiger partial charge in [0.05, 0.1) is 12.3 Å². The standard InChI is InChI=1S/C17H22N6O2/c1-9-12-15(20-21-16(12)23(3)22-9)19-17(24)13-14(25-10(2)18-13)11-7-5-4-6-8-11/h4-9,12,15-16,20-22H,1-3H3,(H,19,24). The minimum atomic E-state index is -0.252. The summed E-state index contributed by atoms with van der Waals surface area (Å²) in [4.78, 5) is 17.1. The van der Waals surface area contributed by atoms with E-state index in [0.29, 0.717) is 17.3 Å². The van der Waals surface area contributed by atoms with E-state index in [4.69, 9.17) is 4.42 Å². The summed E-state index contributed by atoms with van der Waals surface area (Å²) in [6.07, 6.45) is -0.0847. The lowest BCUT2D eigenvalue weighted by atomic mass is 9.98. The summed E-state index contributed by atoms with van der Waals surface area (Å²) in [7, 11) is 1.98. The fourth-order valence-electron chi connectivity index (χ4n) is 3.66. The zero-order valence-electron chi connectivity index (χ0n) is 14.4. The lowest BCUT2D eigenvalue weighted by Crippen LogP contribution is -2.51. The first-order chi connectivity index (χ1) is 12.0.